The lowest BCUT2D eigenvalue weighted by molar-refractivity contribution is 0.0182. The normalized spacial score (nSPS) is 29.1. The first-order valence-electron chi connectivity index (χ1n) is 6.28. The fraction of sp³-hybridized carbons (Fsp3) is 0.733. The lowest BCUT2D eigenvalue weighted by atomic mass is 9.64. The van der Waals surface area contributed by atoms with Gasteiger partial charge in [0.05, 0.1) is 5.60 Å². The van der Waals surface area contributed by atoms with E-state index in [1.165, 1.54) is 5.57 Å². The highest BCUT2D eigenvalue weighted by molar-refractivity contribution is 5.18. The first-order chi connectivity index (χ1) is 7.18. The monoisotopic (exact) mass is 222 g/mol. The highest BCUT2D eigenvalue weighted by Gasteiger charge is 2.38. The Kier molecular flexibility index (Phi) is 3.69. The van der Waals surface area contributed by atoms with E-state index in [0.29, 0.717) is 5.92 Å². The molecule has 16 heavy (non-hydrogen) atoms. The minimum absolute atomic E-state index is 0.175. The molecule has 0 unspecified atom stereocenters. The molecule has 0 saturated heterocycles. The van der Waals surface area contributed by atoms with Crippen LogP contribution in [-0.2, 0) is 0 Å². The molecule has 0 saturated carbocycles. The maximum absolute atomic E-state index is 10.1. The SMILES string of the molecule is C=C(CC)[C@@H]1C[C@H](C(C)(C)O)C=CC1(C)C. The van der Waals surface area contributed by atoms with Crippen molar-refractivity contribution in [2.24, 2.45) is 17.3 Å². The molecule has 0 aromatic heterocycles. The molecule has 92 valence electrons. The zero-order valence-electron chi connectivity index (χ0n) is 11.4. The smallest absolute Gasteiger partial charge is 0.0654 e. The van der Waals surface area contributed by atoms with Crippen LogP contribution in [0.5, 0.6) is 0 Å². The van der Waals surface area contributed by atoms with E-state index < -0.39 is 5.60 Å². The average molecular weight is 222 g/mol. The summed E-state index contributed by atoms with van der Waals surface area (Å²) in [5.74, 6) is 0.729. The summed E-state index contributed by atoms with van der Waals surface area (Å²) < 4.78 is 0. The Bertz CT molecular complexity index is 291. The predicted molar refractivity (Wildman–Crippen MR) is 70.2 cm³/mol. The second-order valence-corrected chi connectivity index (χ2v) is 6.24. The fourth-order valence-corrected chi connectivity index (χ4v) is 2.58. The summed E-state index contributed by atoms with van der Waals surface area (Å²) in [7, 11) is 0. The van der Waals surface area contributed by atoms with Crippen molar-refractivity contribution < 1.29 is 5.11 Å². The predicted octanol–water partition coefficient (Wildman–Crippen LogP) is 3.94. The van der Waals surface area contributed by atoms with E-state index in [2.05, 4.69) is 39.5 Å². The summed E-state index contributed by atoms with van der Waals surface area (Å²) in [6.45, 7) is 14.7. The van der Waals surface area contributed by atoms with E-state index in [0.717, 1.165) is 12.8 Å². The van der Waals surface area contributed by atoms with Crippen LogP contribution in [0, 0.1) is 17.3 Å². The summed E-state index contributed by atoms with van der Waals surface area (Å²) in [6, 6.07) is 0. The second kappa shape index (κ2) is 4.37. The Balaban J connectivity index is 2.94. The summed E-state index contributed by atoms with van der Waals surface area (Å²) in [5.41, 5.74) is 0.859. The zero-order chi connectivity index (χ0) is 12.6. The highest BCUT2D eigenvalue weighted by atomic mass is 16.3. The molecule has 0 amide bonds. The Morgan fingerprint density at radius 2 is 2.06 bits per heavy atom. The van der Waals surface area contributed by atoms with Crippen LogP contribution in [0.3, 0.4) is 0 Å². The molecular formula is C15H26O. The first kappa shape index (κ1) is 13.5. The van der Waals surface area contributed by atoms with Crippen molar-refractivity contribution in [3.8, 4) is 0 Å². The maximum Gasteiger partial charge on any atom is 0.0654 e. The number of aliphatic hydroxyl groups is 1. The van der Waals surface area contributed by atoms with Gasteiger partial charge in [0.1, 0.15) is 0 Å². The van der Waals surface area contributed by atoms with E-state index in [9.17, 15) is 5.11 Å². The molecule has 1 N–H and O–H groups in total. The van der Waals surface area contributed by atoms with Crippen molar-refractivity contribution in [3.05, 3.63) is 24.3 Å². The molecule has 1 aliphatic carbocycles. The summed E-state index contributed by atoms with van der Waals surface area (Å²) in [5, 5.41) is 10.1. The van der Waals surface area contributed by atoms with Gasteiger partial charge in [0.15, 0.2) is 0 Å². The molecule has 1 rings (SSSR count). The van der Waals surface area contributed by atoms with E-state index in [-0.39, 0.29) is 11.3 Å². The van der Waals surface area contributed by atoms with Gasteiger partial charge in [-0.15, -0.1) is 0 Å². The molecule has 0 aliphatic heterocycles. The first-order valence-corrected chi connectivity index (χ1v) is 6.28. The van der Waals surface area contributed by atoms with Crippen LogP contribution in [0.2, 0.25) is 0 Å². The van der Waals surface area contributed by atoms with Gasteiger partial charge in [0.2, 0.25) is 0 Å². The lowest BCUT2D eigenvalue weighted by Gasteiger charge is -2.42. The Labute approximate surface area is 100 Å². The quantitative estimate of drug-likeness (QED) is 0.717. The zero-order valence-corrected chi connectivity index (χ0v) is 11.4. The van der Waals surface area contributed by atoms with Crippen molar-refractivity contribution in [1.82, 2.24) is 0 Å². The number of allylic oxidation sites excluding steroid dienone is 2. The van der Waals surface area contributed by atoms with Crippen molar-refractivity contribution in [1.29, 1.82) is 0 Å². The molecule has 0 bridgehead atoms. The van der Waals surface area contributed by atoms with E-state index in [4.69, 9.17) is 0 Å². The highest BCUT2D eigenvalue weighted by Crippen LogP contribution is 2.45. The molecular weight excluding hydrogens is 196 g/mol. The van der Waals surface area contributed by atoms with Crippen LogP contribution < -0.4 is 0 Å². The van der Waals surface area contributed by atoms with Crippen LogP contribution in [0.1, 0.15) is 47.5 Å². The van der Waals surface area contributed by atoms with E-state index in [1.54, 1.807) is 0 Å². The molecule has 0 radical (unpaired) electrons. The number of hydrogen-bond donors (Lipinski definition) is 1. The lowest BCUT2D eigenvalue weighted by Crippen LogP contribution is -2.38. The number of rotatable bonds is 3. The third-order valence-electron chi connectivity index (χ3n) is 4.00. The van der Waals surface area contributed by atoms with Crippen LogP contribution in [0.25, 0.3) is 0 Å². The Morgan fingerprint density at radius 1 is 1.50 bits per heavy atom. The third-order valence-corrected chi connectivity index (χ3v) is 4.00. The van der Waals surface area contributed by atoms with Gasteiger partial charge >= 0.3 is 0 Å². The molecule has 0 aromatic rings. The summed E-state index contributed by atoms with van der Waals surface area (Å²) in [4.78, 5) is 0. The molecule has 2 atom stereocenters. The van der Waals surface area contributed by atoms with Crippen molar-refractivity contribution in [2.45, 2.75) is 53.1 Å². The van der Waals surface area contributed by atoms with Crippen molar-refractivity contribution in [2.75, 3.05) is 0 Å². The second-order valence-electron chi connectivity index (χ2n) is 6.24. The molecule has 1 heteroatoms. The molecule has 0 fully saturated rings. The maximum atomic E-state index is 10.1. The van der Waals surface area contributed by atoms with Crippen LogP contribution in [0.4, 0.5) is 0 Å². The minimum atomic E-state index is -0.626. The molecule has 1 nitrogen and oxygen atoms in total. The van der Waals surface area contributed by atoms with Gasteiger partial charge in [-0.3, -0.25) is 0 Å². The van der Waals surface area contributed by atoms with E-state index in [1.807, 2.05) is 13.8 Å². The largest absolute Gasteiger partial charge is 0.390 e. The van der Waals surface area contributed by atoms with Gasteiger partial charge in [-0.1, -0.05) is 45.1 Å². The van der Waals surface area contributed by atoms with Crippen LogP contribution >= 0.6 is 0 Å². The average Bonchev–Trinajstić information content (AvgIpc) is 2.14. The Morgan fingerprint density at radius 3 is 2.50 bits per heavy atom. The van der Waals surface area contributed by atoms with Crippen LogP contribution in [-0.4, -0.2) is 10.7 Å². The van der Waals surface area contributed by atoms with Gasteiger partial charge in [0.25, 0.3) is 0 Å². The van der Waals surface area contributed by atoms with Gasteiger partial charge in [-0.25, -0.2) is 0 Å². The topological polar surface area (TPSA) is 20.2 Å². The standard InChI is InChI=1S/C15H26O/c1-7-11(2)13-10-12(15(5,6)16)8-9-14(13,3)4/h8-9,12-13,16H,2,7,10H2,1,3-6H3/t12-,13+/m1/s1. The van der Waals surface area contributed by atoms with Crippen LogP contribution in [0.15, 0.2) is 24.3 Å². The van der Waals surface area contributed by atoms with E-state index >= 15 is 0 Å². The third kappa shape index (κ3) is 2.76. The van der Waals surface area contributed by atoms with Crippen molar-refractivity contribution >= 4 is 0 Å². The van der Waals surface area contributed by atoms with Gasteiger partial charge in [-0.05, 0) is 38.0 Å². The van der Waals surface area contributed by atoms with Crippen molar-refractivity contribution in [3.63, 3.8) is 0 Å². The minimum Gasteiger partial charge on any atom is -0.390 e. The molecule has 0 spiro atoms. The number of hydrogen-bond acceptors (Lipinski definition) is 1. The van der Waals surface area contributed by atoms with Gasteiger partial charge < -0.3 is 5.11 Å². The Hall–Kier alpha value is -0.560. The van der Waals surface area contributed by atoms with Gasteiger partial charge in [0, 0.05) is 5.92 Å². The van der Waals surface area contributed by atoms with Gasteiger partial charge in [-0.2, -0.15) is 0 Å². The summed E-state index contributed by atoms with van der Waals surface area (Å²) >= 11 is 0. The molecule has 1 aliphatic rings. The molecule has 0 aromatic carbocycles. The summed E-state index contributed by atoms with van der Waals surface area (Å²) in [6.07, 6.45) is 6.48. The fourth-order valence-electron chi connectivity index (χ4n) is 2.58. The molecule has 0 heterocycles.